The van der Waals surface area contributed by atoms with Crippen LogP contribution in [0, 0.1) is 0 Å². The van der Waals surface area contributed by atoms with Gasteiger partial charge in [-0.2, -0.15) is 0 Å². The number of hydrogen-bond donors (Lipinski definition) is 1. The molecule has 2 aromatic rings. The lowest BCUT2D eigenvalue weighted by Crippen LogP contribution is -2.35. The largest absolute Gasteiger partial charge is 0.350 e. The number of halogens is 1. The molecule has 1 aliphatic heterocycles. The zero-order valence-electron chi connectivity index (χ0n) is 12.8. The van der Waals surface area contributed by atoms with Crippen LogP contribution in [0.15, 0.2) is 36.7 Å². The van der Waals surface area contributed by atoms with Gasteiger partial charge in [0.05, 0.1) is 5.56 Å². The summed E-state index contributed by atoms with van der Waals surface area (Å²) in [6.07, 6.45) is 6.54. The van der Waals surface area contributed by atoms with Crippen LogP contribution in [0.4, 0.5) is 5.95 Å². The molecule has 23 heavy (non-hydrogen) atoms. The number of piperidine rings is 1. The van der Waals surface area contributed by atoms with Gasteiger partial charge in [-0.05, 0) is 37.0 Å². The molecule has 1 saturated heterocycles. The second-order valence-electron chi connectivity index (χ2n) is 5.63. The molecule has 5 nitrogen and oxygen atoms in total. The second-order valence-corrected chi connectivity index (χ2v) is 6.06. The van der Waals surface area contributed by atoms with E-state index in [4.69, 9.17) is 11.6 Å². The van der Waals surface area contributed by atoms with E-state index in [-0.39, 0.29) is 5.91 Å². The Bertz CT molecular complexity index is 651. The fraction of sp³-hybridized carbons (Fsp3) is 0.353. The van der Waals surface area contributed by atoms with Crippen molar-refractivity contribution in [2.75, 3.05) is 18.4 Å². The zero-order valence-corrected chi connectivity index (χ0v) is 13.6. The average molecular weight is 331 g/mol. The molecule has 1 N–H and O–H groups in total. The van der Waals surface area contributed by atoms with Crippen molar-refractivity contribution in [3.63, 3.8) is 0 Å². The minimum Gasteiger partial charge on any atom is -0.350 e. The number of nitrogens with one attached hydrogen (secondary N) is 1. The molecule has 1 aliphatic rings. The fourth-order valence-corrected chi connectivity index (χ4v) is 2.72. The molecule has 0 spiro atoms. The van der Waals surface area contributed by atoms with E-state index in [1.54, 1.807) is 12.4 Å². The minimum absolute atomic E-state index is 0.0222. The number of hydrogen-bond acceptors (Lipinski definition) is 4. The molecule has 6 heteroatoms. The summed E-state index contributed by atoms with van der Waals surface area (Å²) in [4.78, 5) is 22.7. The van der Waals surface area contributed by atoms with E-state index in [0.29, 0.717) is 23.1 Å². The maximum atomic E-state index is 12.3. The summed E-state index contributed by atoms with van der Waals surface area (Å²) < 4.78 is 0. The summed E-state index contributed by atoms with van der Waals surface area (Å²) in [6.45, 7) is 2.27. The first-order valence-corrected chi connectivity index (χ1v) is 8.20. The maximum Gasteiger partial charge on any atom is 0.256 e. The van der Waals surface area contributed by atoms with Crippen molar-refractivity contribution in [3.05, 3.63) is 52.8 Å². The molecule has 0 aliphatic carbocycles. The number of likely N-dealkylation sites (tertiary alicyclic amines) is 1. The Kier molecular flexibility index (Phi) is 5.08. The Morgan fingerprint density at radius 2 is 1.74 bits per heavy atom. The Morgan fingerprint density at radius 1 is 1.09 bits per heavy atom. The molecule has 1 aromatic heterocycles. The van der Waals surface area contributed by atoms with Gasteiger partial charge in [0.15, 0.2) is 0 Å². The third-order valence-electron chi connectivity index (χ3n) is 3.91. The summed E-state index contributed by atoms with van der Waals surface area (Å²) in [5.74, 6) is 0.532. The standard InChI is InChI=1S/C17H19ClN4O/c18-15-6-4-13(5-7-15)10-19-17-20-11-14(12-21-17)16(23)22-8-2-1-3-9-22/h4-7,11-12H,1-3,8-10H2,(H,19,20,21). The van der Waals surface area contributed by atoms with E-state index >= 15 is 0 Å². The number of nitrogens with zero attached hydrogens (tertiary/aromatic N) is 3. The predicted octanol–water partition coefficient (Wildman–Crippen LogP) is 3.37. The number of carbonyl (C=O) groups is 1. The van der Waals surface area contributed by atoms with Gasteiger partial charge in [0.1, 0.15) is 0 Å². The van der Waals surface area contributed by atoms with Crippen molar-refractivity contribution >= 4 is 23.5 Å². The van der Waals surface area contributed by atoms with Gasteiger partial charge in [-0.1, -0.05) is 23.7 Å². The van der Waals surface area contributed by atoms with Crippen molar-refractivity contribution in [2.45, 2.75) is 25.8 Å². The van der Waals surface area contributed by atoms with Crippen LogP contribution in [0.3, 0.4) is 0 Å². The van der Waals surface area contributed by atoms with E-state index in [2.05, 4.69) is 15.3 Å². The molecule has 1 fully saturated rings. The van der Waals surface area contributed by atoms with E-state index in [0.717, 1.165) is 31.5 Å². The first-order chi connectivity index (χ1) is 11.2. The summed E-state index contributed by atoms with van der Waals surface area (Å²) in [5, 5.41) is 3.85. The Hall–Kier alpha value is -2.14. The summed E-state index contributed by atoms with van der Waals surface area (Å²) in [6, 6.07) is 7.59. The minimum atomic E-state index is 0.0222. The van der Waals surface area contributed by atoms with Crippen molar-refractivity contribution in [2.24, 2.45) is 0 Å². The van der Waals surface area contributed by atoms with Gasteiger partial charge < -0.3 is 10.2 Å². The van der Waals surface area contributed by atoms with Gasteiger partial charge in [-0.3, -0.25) is 4.79 Å². The normalized spacial score (nSPS) is 14.6. The SMILES string of the molecule is O=C(c1cnc(NCc2ccc(Cl)cc2)nc1)N1CCCCC1. The third-order valence-corrected chi connectivity index (χ3v) is 4.16. The average Bonchev–Trinajstić information content (AvgIpc) is 2.62. The Morgan fingerprint density at radius 3 is 2.39 bits per heavy atom. The molecular weight excluding hydrogens is 312 g/mol. The predicted molar refractivity (Wildman–Crippen MR) is 90.6 cm³/mol. The van der Waals surface area contributed by atoms with Gasteiger partial charge in [0, 0.05) is 37.1 Å². The quantitative estimate of drug-likeness (QED) is 0.933. The number of carbonyl (C=O) groups excluding carboxylic acids is 1. The van der Waals surface area contributed by atoms with Gasteiger partial charge >= 0.3 is 0 Å². The number of benzene rings is 1. The van der Waals surface area contributed by atoms with E-state index < -0.39 is 0 Å². The highest BCUT2D eigenvalue weighted by Crippen LogP contribution is 2.13. The summed E-state index contributed by atoms with van der Waals surface area (Å²) in [7, 11) is 0. The van der Waals surface area contributed by atoms with Crippen molar-refractivity contribution in [3.8, 4) is 0 Å². The lowest BCUT2D eigenvalue weighted by molar-refractivity contribution is 0.0723. The van der Waals surface area contributed by atoms with Crippen LogP contribution in [-0.2, 0) is 6.54 Å². The van der Waals surface area contributed by atoms with Crippen molar-refractivity contribution in [1.82, 2.24) is 14.9 Å². The van der Waals surface area contributed by atoms with Crippen LogP contribution in [0.5, 0.6) is 0 Å². The molecule has 120 valence electrons. The zero-order chi connectivity index (χ0) is 16.1. The van der Waals surface area contributed by atoms with Crippen LogP contribution in [-0.4, -0.2) is 33.9 Å². The van der Waals surface area contributed by atoms with Crippen LogP contribution in [0.25, 0.3) is 0 Å². The molecule has 0 unspecified atom stereocenters. The molecule has 1 amide bonds. The van der Waals surface area contributed by atoms with Gasteiger partial charge in [-0.15, -0.1) is 0 Å². The van der Waals surface area contributed by atoms with E-state index in [1.807, 2.05) is 29.2 Å². The van der Waals surface area contributed by atoms with Gasteiger partial charge in [0.25, 0.3) is 5.91 Å². The van der Waals surface area contributed by atoms with E-state index in [1.165, 1.54) is 6.42 Å². The Labute approximate surface area is 140 Å². The first-order valence-electron chi connectivity index (χ1n) is 7.82. The molecule has 0 saturated carbocycles. The molecular formula is C17H19ClN4O. The number of anilines is 1. The highest BCUT2D eigenvalue weighted by molar-refractivity contribution is 6.30. The van der Waals surface area contributed by atoms with Crippen LogP contribution in [0.1, 0.15) is 35.2 Å². The topological polar surface area (TPSA) is 58.1 Å². The highest BCUT2D eigenvalue weighted by Gasteiger charge is 2.18. The van der Waals surface area contributed by atoms with Crippen molar-refractivity contribution in [1.29, 1.82) is 0 Å². The maximum absolute atomic E-state index is 12.3. The lowest BCUT2D eigenvalue weighted by atomic mass is 10.1. The molecule has 2 heterocycles. The molecule has 3 rings (SSSR count). The molecule has 0 atom stereocenters. The fourth-order valence-electron chi connectivity index (χ4n) is 2.59. The number of amides is 1. The van der Waals surface area contributed by atoms with Crippen LogP contribution < -0.4 is 5.32 Å². The first kappa shape index (κ1) is 15.7. The molecule has 0 bridgehead atoms. The monoisotopic (exact) mass is 330 g/mol. The smallest absolute Gasteiger partial charge is 0.256 e. The third kappa shape index (κ3) is 4.20. The molecule has 0 radical (unpaired) electrons. The number of rotatable bonds is 4. The van der Waals surface area contributed by atoms with Gasteiger partial charge in [-0.25, -0.2) is 9.97 Å². The highest BCUT2D eigenvalue weighted by atomic mass is 35.5. The van der Waals surface area contributed by atoms with E-state index in [9.17, 15) is 4.79 Å². The second kappa shape index (κ2) is 7.42. The van der Waals surface area contributed by atoms with Crippen LogP contribution >= 0.6 is 11.6 Å². The summed E-state index contributed by atoms with van der Waals surface area (Å²) in [5.41, 5.74) is 1.63. The van der Waals surface area contributed by atoms with Crippen LogP contribution in [0.2, 0.25) is 5.02 Å². The number of aromatic nitrogens is 2. The Balaban J connectivity index is 1.58. The lowest BCUT2D eigenvalue weighted by Gasteiger charge is -2.26. The van der Waals surface area contributed by atoms with Gasteiger partial charge in [0.2, 0.25) is 5.95 Å². The summed E-state index contributed by atoms with van der Waals surface area (Å²) >= 11 is 5.86. The van der Waals surface area contributed by atoms with Crippen molar-refractivity contribution < 1.29 is 4.79 Å². The molecule has 1 aromatic carbocycles.